The molecule has 3 aliphatic rings. The lowest BCUT2D eigenvalue weighted by Crippen LogP contribution is -2.58. The van der Waals surface area contributed by atoms with E-state index in [1.165, 1.54) is 36.9 Å². The van der Waals surface area contributed by atoms with Gasteiger partial charge in [0.1, 0.15) is 0 Å². The number of hydrogen-bond acceptors (Lipinski definition) is 4. The second kappa shape index (κ2) is 6.83. The average Bonchev–Trinajstić information content (AvgIpc) is 3.33. The summed E-state index contributed by atoms with van der Waals surface area (Å²) in [6, 6.07) is 13.4. The number of nitrogens with zero attached hydrogens (tertiary/aromatic N) is 1. The SMILES string of the molecule is COc1cc(CN2c3ccccc3C34CCC(C)C23[C@H](C)CC4)cc(OC)c1OC. The third-order valence-electron chi connectivity index (χ3n) is 8.50. The van der Waals surface area contributed by atoms with Crippen LogP contribution in [0.15, 0.2) is 36.4 Å². The molecule has 30 heavy (non-hydrogen) atoms. The summed E-state index contributed by atoms with van der Waals surface area (Å²) in [7, 11) is 5.03. The van der Waals surface area contributed by atoms with Crippen LogP contribution < -0.4 is 19.1 Å². The molecule has 0 radical (unpaired) electrons. The Morgan fingerprint density at radius 1 is 0.900 bits per heavy atom. The van der Waals surface area contributed by atoms with Crippen LogP contribution in [0.5, 0.6) is 17.2 Å². The Morgan fingerprint density at radius 2 is 1.50 bits per heavy atom. The highest BCUT2D eigenvalue weighted by atomic mass is 16.5. The Labute approximate surface area is 180 Å². The molecule has 2 aliphatic carbocycles. The van der Waals surface area contributed by atoms with E-state index >= 15 is 0 Å². The summed E-state index contributed by atoms with van der Waals surface area (Å²) in [5.41, 5.74) is 4.68. The molecule has 0 saturated heterocycles. The lowest BCUT2D eigenvalue weighted by atomic mass is 9.67. The molecule has 3 unspecified atom stereocenters. The molecule has 1 aliphatic heterocycles. The van der Waals surface area contributed by atoms with Crippen molar-refractivity contribution in [3.05, 3.63) is 47.5 Å². The summed E-state index contributed by atoms with van der Waals surface area (Å²) >= 11 is 0. The first-order valence-electron chi connectivity index (χ1n) is 11.2. The number of hydrogen-bond donors (Lipinski definition) is 0. The molecule has 2 aromatic rings. The van der Waals surface area contributed by atoms with Crippen molar-refractivity contribution < 1.29 is 14.2 Å². The van der Waals surface area contributed by atoms with Crippen molar-refractivity contribution in [3.8, 4) is 17.2 Å². The lowest BCUT2D eigenvalue weighted by Gasteiger charge is -2.49. The molecule has 2 fully saturated rings. The van der Waals surface area contributed by atoms with Gasteiger partial charge in [0.25, 0.3) is 0 Å². The number of anilines is 1. The molecule has 0 bridgehead atoms. The van der Waals surface area contributed by atoms with E-state index in [1.54, 1.807) is 26.9 Å². The molecular formula is C26H33NO3. The summed E-state index contributed by atoms with van der Waals surface area (Å²) in [5.74, 6) is 3.44. The molecule has 2 aromatic carbocycles. The smallest absolute Gasteiger partial charge is 0.203 e. The van der Waals surface area contributed by atoms with Gasteiger partial charge in [0.05, 0.1) is 26.9 Å². The lowest BCUT2D eigenvalue weighted by molar-refractivity contribution is 0.201. The van der Waals surface area contributed by atoms with Gasteiger partial charge in [0.15, 0.2) is 11.5 Å². The van der Waals surface area contributed by atoms with Crippen LogP contribution in [0.25, 0.3) is 0 Å². The number of benzene rings is 2. The van der Waals surface area contributed by atoms with Gasteiger partial charge in [-0.3, -0.25) is 0 Å². The van der Waals surface area contributed by atoms with E-state index < -0.39 is 0 Å². The van der Waals surface area contributed by atoms with E-state index in [9.17, 15) is 0 Å². The van der Waals surface area contributed by atoms with Crippen LogP contribution in [0.4, 0.5) is 5.69 Å². The quantitative estimate of drug-likeness (QED) is 0.648. The third kappa shape index (κ3) is 2.23. The molecule has 0 N–H and O–H groups in total. The minimum absolute atomic E-state index is 0.192. The van der Waals surface area contributed by atoms with Crippen LogP contribution in [0.2, 0.25) is 0 Å². The molecule has 0 spiro atoms. The largest absolute Gasteiger partial charge is 0.493 e. The van der Waals surface area contributed by atoms with E-state index in [2.05, 4.69) is 55.1 Å². The molecule has 0 amide bonds. The zero-order valence-electron chi connectivity index (χ0n) is 18.8. The van der Waals surface area contributed by atoms with Crippen LogP contribution in [0, 0.1) is 11.8 Å². The Hall–Kier alpha value is -2.36. The first-order valence-corrected chi connectivity index (χ1v) is 11.2. The number of fused-ring (bicyclic) bond motifs is 1. The highest BCUT2D eigenvalue weighted by Crippen LogP contribution is 2.71. The molecule has 5 rings (SSSR count). The van der Waals surface area contributed by atoms with Crippen LogP contribution in [-0.2, 0) is 12.0 Å². The zero-order valence-corrected chi connectivity index (χ0v) is 18.8. The first kappa shape index (κ1) is 19.6. The second-order valence-electron chi connectivity index (χ2n) is 9.42. The van der Waals surface area contributed by atoms with Gasteiger partial charge in [-0.2, -0.15) is 0 Å². The van der Waals surface area contributed by atoms with Crippen LogP contribution in [-0.4, -0.2) is 26.9 Å². The van der Waals surface area contributed by atoms with Gasteiger partial charge in [0.2, 0.25) is 5.75 Å². The molecule has 4 atom stereocenters. The first-order chi connectivity index (χ1) is 14.5. The highest BCUT2D eigenvalue weighted by Gasteiger charge is 2.71. The van der Waals surface area contributed by atoms with E-state index in [1.807, 2.05) is 0 Å². The van der Waals surface area contributed by atoms with Gasteiger partial charge in [-0.15, -0.1) is 0 Å². The predicted molar refractivity (Wildman–Crippen MR) is 120 cm³/mol. The molecule has 1 heterocycles. The summed E-state index contributed by atoms with van der Waals surface area (Å²) in [6.45, 7) is 5.82. The zero-order chi connectivity index (χ0) is 21.1. The normalized spacial score (nSPS) is 31.3. The van der Waals surface area contributed by atoms with Crippen LogP contribution in [0.1, 0.15) is 50.7 Å². The average molecular weight is 408 g/mol. The molecule has 160 valence electrons. The predicted octanol–water partition coefficient (Wildman–Crippen LogP) is 5.57. The number of methoxy groups -OCH3 is 3. The van der Waals surface area contributed by atoms with Crippen molar-refractivity contribution in [1.29, 1.82) is 0 Å². The third-order valence-corrected chi connectivity index (χ3v) is 8.50. The summed E-state index contributed by atoms with van der Waals surface area (Å²) in [4.78, 5) is 2.75. The molecule has 4 nitrogen and oxygen atoms in total. The Bertz CT molecular complexity index is 929. The van der Waals surface area contributed by atoms with Crippen molar-refractivity contribution in [2.45, 2.75) is 57.0 Å². The van der Waals surface area contributed by atoms with Crippen molar-refractivity contribution in [1.82, 2.24) is 0 Å². The van der Waals surface area contributed by atoms with Gasteiger partial charge in [-0.05, 0) is 66.8 Å². The molecule has 4 heteroatoms. The maximum absolute atomic E-state index is 5.64. The minimum Gasteiger partial charge on any atom is -0.493 e. The van der Waals surface area contributed by atoms with Gasteiger partial charge >= 0.3 is 0 Å². The summed E-state index contributed by atoms with van der Waals surface area (Å²) in [5, 5.41) is 0. The van der Waals surface area contributed by atoms with Crippen molar-refractivity contribution in [2.24, 2.45) is 11.8 Å². The standard InChI is InChI=1S/C26H33NO3/c1-17-10-12-25-13-11-18(2)26(17,25)27(21-9-7-6-8-20(21)25)16-19-14-22(28-3)24(30-5)23(15-19)29-4/h6-9,14-15,17-18H,10-13,16H2,1-5H3/t17-,18?,25?,26?/m1/s1. The fourth-order valence-electron chi connectivity index (χ4n) is 7.53. The highest BCUT2D eigenvalue weighted by molar-refractivity contribution is 5.70. The monoisotopic (exact) mass is 407 g/mol. The molecule has 2 saturated carbocycles. The fraction of sp³-hybridized carbons (Fsp3) is 0.538. The van der Waals surface area contributed by atoms with E-state index in [-0.39, 0.29) is 5.54 Å². The topological polar surface area (TPSA) is 30.9 Å². The summed E-state index contributed by atoms with van der Waals surface area (Å²) < 4.78 is 16.8. The van der Waals surface area contributed by atoms with Crippen LogP contribution >= 0.6 is 0 Å². The molecule has 0 aromatic heterocycles. The Kier molecular flexibility index (Phi) is 4.46. The van der Waals surface area contributed by atoms with Crippen LogP contribution in [0.3, 0.4) is 0 Å². The number of rotatable bonds is 5. The van der Waals surface area contributed by atoms with Crippen molar-refractivity contribution in [2.75, 3.05) is 26.2 Å². The minimum atomic E-state index is 0.192. The van der Waals surface area contributed by atoms with Gasteiger partial charge in [-0.1, -0.05) is 32.0 Å². The van der Waals surface area contributed by atoms with E-state index in [0.717, 1.165) is 18.0 Å². The van der Waals surface area contributed by atoms with Gasteiger partial charge in [-0.25, -0.2) is 0 Å². The Morgan fingerprint density at radius 3 is 2.07 bits per heavy atom. The Balaban J connectivity index is 1.66. The van der Waals surface area contributed by atoms with Gasteiger partial charge < -0.3 is 19.1 Å². The second-order valence-corrected chi connectivity index (χ2v) is 9.42. The maximum atomic E-state index is 5.64. The van der Waals surface area contributed by atoms with E-state index in [0.29, 0.717) is 23.0 Å². The van der Waals surface area contributed by atoms with Crippen molar-refractivity contribution >= 4 is 5.69 Å². The van der Waals surface area contributed by atoms with Gasteiger partial charge in [0, 0.05) is 17.6 Å². The fourth-order valence-corrected chi connectivity index (χ4v) is 7.53. The number of ether oxygens (including phenoxy) is 3. The van der Waals surface area contributed by atoms with E-state index in [4.69, 9.17) is 14.2 Å². The number of para-hydroxylation sites is 1. The van der Waals surface area contributed by atoms with Crippen molar-refractivity contribution in [3.63, 3.8) is 0 Å². The maximum Gasteiger partial charge on any atom is 0.203 e. The molecular weight excluding hydrogens is 374 g/mol. The summed E-state index contributed by atoms with van der Waals surface area (Å²) in [6.07, 6.45) is 5.23.